The fourth-order valence-corrected chi connectivity index (χ4v) is 3.32. The molecule has 0 saturated carbocycles. The monoisotopic (exact) mass is 396 g/mol. The van der Waals surface area contributed by atoms with Gasteiger partial charge in [0.2, 0.25) is 5.91 Å². The molecule has 136 valence electrons. The van der Waals surface area contributed by atoms with Gasteiger partial charge in [-0.25, -0.2) is 0 Å². The van der Waals surface area contributed by atoms with Crippen molar-refractivity contribution in [2.75, 3.05) is 5.75 Å². The van der Waals surface area contributed by atoms with E-state index in [9.17, 15) is 9.59 Å². The third-order valence-electron chi connectivity index (χ3n) is 3.77. The van der Waals surface area contributed by atoms with E-state index in [1.807, 2.05) is 42.5 Å². The predicted octanol–water partition coefficient (Wildman–Crippen LogP) is 4.56. The Morgan fingerprint density at radius 1 is 0.778 bits per heavy atom. The average molecular weight is 397 g/mol. The first-order chi connectivity index (χ1) is 13.1. The highest BCUT2D eigenvalue weighted by molar-refractivity contribution is 8.00. The highest BCUT2D eigenvalue weighted by Crippen LogP contribution is 2.24. The summed E-state index contributed by atoms with van der Waals surface area (Å²) >= 11 is 7.35. The largest absolute Gasteiger partial charge is 0.272 e. The molecular weight excluding hydrogens is 380 g/mol. The molecule has 0 spiro atoms. The third kappa shape index (κ3) is 5.36. The van der Waals surface area contributed by atoms with Crippen molar-refractivity contribution in [1.29, 1.82) is 0 Å². The van der Waals surface area contributed by atoms with Crippen LogP contribution in [0.25, 0.3) is 11.1 Å². The number of rotatable bonds is 5. The molecular formula is C21H17ClN2O2S. The van der Waals surface area contributed by atoms with Gasteiger partial charge in [0.15, 0.2) is 0 Å². The van der Waals surface area contributed by atoms with Crippen molar-refractivity contribution in [3.05, 3.63) is 89.4 Å². The van der Waals surface area contributed by atoms with Crippen molar-refractivity contribution in [1.82, 2.24) is 10.9 Å². The summed E-state index contributed by atoms with van der Waals surface area (Å²) in [6, 6.07) is 24.7. The number of hydrogen-bond acceptors (Lipinski definition) is 3. The Labute approximate surface area is 166 Å². The fourth-order valence-electron chi connectivity index (χ4n) is 2.40. The summed E-state index contributed by atoms with van der Waals surface area (Å²) in [5, 5.41) is 0.331. The molecule has 0 bridgehead atoms. The minimum Gasteiger partial charge on any atom is -0.272 e. The lowest BCUT2D eigenvalue weighted by molar-refractivity contribution is -0.119. The van der Waals surface area contributed by atoms with Gasteiger partial charge in [-0.05, 0) is 35.4 Å². The van der Waals surface area contributed by atoms with E-state index in [-0.39, 0.29) is 11.7 Å². The molecule has 0 aromatic heterocycles. The van der Waals surface area contributed by atoms with E-state index >= 15 is 0 Å². The molecule has 0 radical (unpaired) electrons. The lowest BCUT2D eigenvalue weighted by Gasteiger charge is -2.08. The second-order valence-electron chi connectivity index (χ2n) is 5.66. The summed E-state index contributed by atoms with van der Waals surface area (Å²) in [6.45, 7) is 0. The Morgan fingerprint density at radius 3 is 2.11 bits per heavy atom. The molecule has 0 aliphatic rings. The molecule has 27 heavy (non-hydrogen) atoms. The van der Waals surface area contributed by atoms with Gasteiger partial charge < -0.3 is 0 Å². The number of hydrazine groups is 1. The first kappa shape index (κ1) is 19.0. The molecule has 2 amide bonds. The SMILES string of the molecule is O=C(CSc1ccc(-c2ccccc2)cc1)NNC(=O)c1ccccc1Cl. The van der Waals surface area contributed by atoms with Gasteiger partial charge in [-0.3, -0.25) is 20.4 Å². The van der Waals surface area contributed by atoms with Crippen LogP contribution >= 0.6 is 23.4 Å². The van der Waals surface area contributed by atoms with Crippen molar-refractivity contribution >= 4 is 35.2 Å². The quantitative estimate of drug-likeness (QED) is 0.491. The van der Waals surface area contributed by atoms with Gasteiger partial charge in [0, 0.05) is 4.90 Å². The summed E-state index contributed by atoms with van der Waals surface area (Å²) in [4.78, 5) is 24.9. The Bertz CT molecular complexity index is 930. The van der Waals surface area contributed by atoms with Crippen molar-refractivity contribution in [3.8, 4) is 11.1 Å². The standard InChI is InChI=1S/C21H17ClN2O2S/c22-19-9-5-4-8-18(19)21(26)24-23-20(25)14-27-17-12-10-16(11-13-17)15-6-2-1-3-7-15/h1-13H,14H2,(H,23,25)(H,24,26). The maximum atomic E-state index is 12.0. The van der Waals surface area contributed by atoms with Gasteiger partial charge in [-0.1, -0.05) is 66.2 Å². The number of hydrogen-bond donors (Lipinski definition) is 2. The van der Waals surface area contributed by atoms with Gasteiger partial charge in [-0.2, -0.15) is 0 Å². The van der Waals surface area contributed by atoms with Crippen LogP contribution in [0.4, 0.5) is 0 Å². The molecule has 0 aliphatic heterocycles. The average Bonchev–Trinajstić information content (AvgIpc) is 2.72. The molecule has 4 nitrogen and oxygen atoms in total. The van der Waals surface area contributed by atoms with Crippen LogP contribution in [0.3, 0.4) is 0 Å². The number of benzene rings is 3. The maximum Gasteiger partial charge on any atom is 0.271 e. The summed E-state index contributed by atoms with van der Waals surface area (Å²) in [5.74, 6) is -0.563. The number of thioether (sulfide) groups is 1. The smallest absolute Gasteiger partial charge is 0.271 e. The van der Waals surface area contributed by atoms with Gasteiger partial charge >= 0.3 is 0 Å². The summed E-state index contributed by atoms with van der Waals surface area (Å²) in [6.07, 6.45) is 0. The number of carbonyl (C=O) groups is 2. The second kappa shape index (κ2) is 9.26. The minimum atomic E-state index is -0.453. The third-order valence-corrected chi connectivity index (χ3v) is 5.11. The van der Waals surface area contributed by atoms with Gasteiger partial charge in [0.05, 0.1) is 16.3 Å². The van der Waals surface area contributed by atoms with Crippen LogP contribution in [-0.2, 0) is 4.79 Å². The molecule has 0 unspecified atom stereocenters. The summed E-state index contributed by atoms with van der Waals surface area (Å²) in [7, 11) is 0. The normalized spacial score (nSPS) is 10.3. The summed E-state index contributed by atoms with van der Waals surface area (Å²) < 4.78 is 0. The Kier molecular flexibility index (Phi) is 6.52. The number of carbonyl (C=O) groups excluding carboxylic acids is 2. The molecule has 0 fully saturated rings. The van der Waals surface area contributed by atoms with Gasteiger partial charge in [0.25, 0.3) is 5.91 Å². The first-order valence-electron chi connectivity index (χ1n) is 8.25. The van der Waals surface area contributed by atoms with E-state index in [4.69, 9.17) is 11.6 Å². The molecule has 0 saturated heterocycles. The first-order valence-corrected chi connectivity index (χ1v) is 9.62. The van der Waals surface area contributed by atoms with Gasteiger partial charge in [0.1, 0.15) is 0 Å². The zero-order valence-electron chi connectivity index (χ0n) is 14.3. The van der Waals surface area contributed by atoms with E-state index < -0.39 is 5.91 Å². The molecule has 3 rings (SSSR count). The van der Waals surface area contributed by atoms with Crippen LogP contribution in [0.5, 0.6) is 0 Å². The number of halogens is 1. The predicted molar refractivity (Wildman–Crippen MR) is 110 cm³/mol. The number of amides is 2. The molecule has 2 N–H and O–H groups in total. The van der Waals surface area contributed by atoms with Crippen molar-refractivity contribution in [2.45, 2.75) is 4.90 Å². The van der Waals surface area contributed by atoms with E-state index in [0.29, 0.717) is 10.6 Å². The number of nitrogens with one attached hydrogen (secondary N) is 2. The molecule has 3 aromatic carbocycles. The lowest BCUT2D eigenvalue weighted by Crippen LogP contribution is -2.42. The van der Waals surface area contributed by atoms with Crippen LogP contribution in [0.15, 0.2) is 83.8 Å². The van der Waals surface area contributed by atoms with E-state index in [1.165, 1.54) is 11.8 Å². The zero-order valence-corrected chi connectivity index (χ0v) is 15.9. The van der Waals surface area contributed by atoms with Crippen LogP contribution in [0, 0.1) is 0 Å². The Hall–Kier alpha value is -2.76. The van der Waals surface area contributed by atoms with Crippen LogP contribution in [-0.4, -0.2) is 17.6 Å². The maximum absolute atomic E-state index is 12.0. The highest BCUT2D eigenvalue weighted by Gasteiger charge is 2.10. The highest BCUT2D eigenvalue weighted by atomic mass is 35.5. The van der Waals surface area contributed by atoms with E-state index in [0.717, 1.165) is 16.0 Å². The van der Waals surface area contributed by atoms with Crippen molar-refractivity contribution in [2.24, 2.45) is 0 Å². The van der Waals surface area contributed by atoms with Crippen molar-refractivity contribution in [3.63, 3.8) is 0 Å². The lowest BCUT2D eigenvalue weighted by atomic mass is 10.1. The second-order valence-corrected chi connectivity index (χ2v) is 7.12. The molecule has 0 heterocycles. The van der Waals surface area contributed by atoms with E-state index in [2.05, 4.69) is 23.0 Å². The molecule has 0 aliphatic carbocycles. The zero-order chi connectivity index (χ0) is 19.1. The van der Waals surface area contributed by atoms with Crippen LogP contribution in [0.1, 0.15) is 10.4 Å². The topological polar surface area (TPSA) is 58.2 Å². The van der Waals surface area contributed by atoms with E-state index in [1.54, 1.807) is 24.3 Å². The fraction of sp³-hybridized carbons (Fsp3) is 0.0476. The molecule has 0 atom stereocenters. The molecule has 6 heteroatoms. The Balaban J connectivity index is 1.48. The van der Waals surface area contributed by atoms with Crippen molar-refractivity contribution < 1.29 is 9.59 Å². The minimum absolute atomic E-state index is 0.188. The Morgan fingerprint density at radius 2 is 1.41 bits per heavy atom. The van der Waals surface area contributed by atoms with Crippen LogP contribution in [0.2, 0.25) is 5.02 Å². The molecule has 3 aromatic rings. The van der Waals surface area contributed by atoms with Crippen LogP contribution < -0.4 is 10.9 Å². The van der Waals surface area contributed by atoms with Gasteiger partial charge in [-0.15, -0.1) is 11.8 Å². The summed E-state index contributed by atoms with van der Waals surface area (Å²) in [5.41, 5.74) is 7.35.